The number of carboxylic acid groups (broad SMARTS) is 1. The molecule has 12 heteroatoms. The van der Waals surface area contributed by atoms with Gasteiger partial charge in [-0.1, -0.05) is 67.9 Å². The molecule has 0 aliphatic rings. The van der Waals surface area contributed by atoms with E-state index in [1.54, 1.807) is 41.5 Å². The highest BCUT2D eigenvalue weighted by Crippen LogP contribution is 2.20. The zero-order valence-electron chi connectivity index (χ0n) is 30.3. The number of aliphatic carboxylic acids is 1. The maximum atomic E-state index is 13.6. The Morgan fingerprint density at radius 1 is 0.816 bits per heavy atom. The molecule has 0 aromatic heterocycles. The van der Waals surface area contributed by atoms with E-state index < -0.39 is 58.7 Å². The number of benzene rings is 2. The summed E-state index contributed by atoms with van der Waals surface area (Å²) in [4.78, 5) is 66.2. The number of hydrogen-bond acceptors (Lipinski definition) is 7. The minimum atomic E-state index is -1.39. The fourth-order valence-electron chi connectivity index (χ4n) is 4.69. The van der Waals surface area contributed by atoms with E-state index in [4.69, 9.17) is 9.47 Å². The lowest BCUT2D eigenvalue weighted by molar-refractivity contribution is -0.160. The number of carboxylic acids is 1. The SMILES string of the molecule is CCCCN(C[C@@H](CNC(=O)C(C)(C)NC(=O)OC(C)(C)C)C(=O)OC(C)(C)C)C(=O)N[C@@H](Cc1ccc(-c2ccccc2)cc1)C(=O)O. The molecule has 4 N–H and O–H groups in total. The van der Waals surface area contributed by atoms with Crippen LogP contribution in [0.5, 0.6) is 0 Å². The normalized spacial score (nSPS) is 13.0. The van der Waals surface area contributed by atoms with Gasteiger partial charge >= 0.3 is 24.1 Å². The van der Waals surface area contributed by atoms with Gasteiger partial charge in [0.15, 0.2) is 0 Å². The first-order valence-corrected chi connectivity index (χ1v) is 16.7. The van der Waals surface area contributed by atoms with Gasteiger partial charge in [-0.3, -0.25) is 9.59 Å². The molecule has 0 spiro atoms. The maximum absolute atomic E-state index is 13.6. The van der Waals surface area contributed by atoms with E-state index in [-0.39, 0.29) is 26.1 Å². The monoisotopic (exact) mass is 682 g/mol. The molecule has 0 aliphatic heterocycles. The molecule has 2 atom stereocenters. The summed E-state index contributed by atoms with van der Waals surface area (Å²) in [6.07, 6.45) is 0.590. The molecule has 2 aromatic carbocycles. The highest BCUT2D eigenvalue weighted by molar-refractivity contribution is 5.89. The fourth-order valence-corrected chi connectivity index (χ4v) is 4.69. The first kappa shape index (κ1) is 40.6. The van der Waals surface area contributed by atoms with E-state index >= 15 is 0 Å². The molecule has 0 aliphatic carbocycles. The van der Waals surface area contributed by atoms with Crippen molar-refractivity contribution in [3.8, 4) is 11.1 Å². The highest BCUT2D eigenvalue weighted by Gasteiger charge is 2.35. The Morgan fingerprint density at radius 3 is 1.92 bits per heavy atom. The molecular weight excluding hydrogens is 628 g/mol. The second-order valence-corrected chi connectivity index (χ2v) is 14.6. The summed E-state index contributed by atoms with van der Waals surface area (Å²) in [5.74, 6) is -3.43. The Labute approximate surface area is 290 Å². The molecule has 2 aromatic rings. The molecule has 0 saturated heterocycles. The van der Waals surface area contributed by atoms with Gasteiger partial charge in [0.25, 0.3) is 0 Å². The van der Waals surface area contributed by atoms with Crippen LogP contribution < -0.4 is 16.0 Å². The Kier molecular flexibility index (Phi) is 14.6. The largest absolute Gasteiger partial charge is 0.480 e. The number of amides is 4. The minimum absolute atomic E-state index is 0.0447. The van der Waals surface area contributed by atoms with Crippen LogP contribution in [0.25, 0.3) is 11.1 Å². The second-order valence-electron chi connectivity index (χ2n) is 14.6. The lowest BCUT2D eigenvalue weighted by atomic mass is 10.0. The molecule has 49 heavy (non-hydrogen) atoms. The van der Waals surface area contributed by atoms with Crippen LogP contribution in [0, 0.1) is 5.92 Å². The van der Waals surface area contributed by atoms with Crippen molar-refractivity contribution >= 4 is 30.0 Å². The van der Waals surface area contributed by atoms with Crippen molar-refractivity contribution in [2.45, 2.75) is 104 Å². The number of urea groups is 1. The van der Waals surface area contributed by atoms with Gasteiger partial charge in [0.2, 0.25) is 5.91 Å². The van der Waals surface area contributed by atoms with E-state index in [1.165, 1.54) is 18.7 Å². The molecule has 0 heterocycles. The van der Waals surface area contributed by atoms with Gasteiger partial charge in [-0.05, 0) is 78.5 Å². The smallest absolute Gasteiger partial charge is 0.408 e. The number of carbonyl (C=O) groups is 5. The number of rotatable bonds is 15. The number of hydrogen-bond donors (Lipinski definition) is 4. The molecule has 12 nitrogen and oxygen atoms in total. The maximum Gasteiger partial charge on any atom is 0.408 e. The van der Waals surface area contributed by atoms with Crippen LogP contribution in [-0.4, -0.2) is 82.4 Å². The Hall–Kier alpha value is -4.61. The van der Waals surface area contributed by atoms with Crippen LogP contribution >= 0.6 is 0 Å². The first-order chi connectivity index (χ1) is 22.7. The third-order valence-electron chi connectivity index (χ3n) is 7.24. The van der Waals surface area contributed by atoms with Crippen molar-refractivity contribution < 1.29 is 38.6 Å². The van der Waals surface area contributed by atoms with Gasteiger partial charge in [-0.25, -0.2) is 14.4 Å². The average molecular weight is 683 g/mol. The fraction of sp³-hybridized carbons (Fsp3) is 0.541. The third kappa shape index (κ3) is 14.6. The van der Waals surface area contributed by atoms with E-state index in [1.807, 2.05) is 61.5 Å². The summed E-state index contributed by atoms with van der Waals surface area (Å²) in [7, 11) is 0. The summed E-state index contributed by atoms with van der Waals surface area (Å²) in [6, 6.07) is 15.4. The Bertz CT molecular complexity index is 1410. The van der Waals surface area contributed by atoms with Gasteiger partial charge in [0, 0.05) is 26.1 Å². The van der Waals surface area contributed by atoms with Crippen LogP contribution in [-0.2, 0) is 30.3 Å². The molecule has 0 fully saturated rings. The van der Waals surface area contributed by atoms with Crippen molar-refractivity contribution in [3.05, 3.63) is 60.2 Å². The number of unbranched alkanes of at least 4 members (excludes halogenated alkanes) is 1. The van der Waals surface area contributed by atoms with Crippen LogP contribution in [0.2, 0.25) is 0 Å². The van der Waals surface area contributed by atoms with Crippen LogP contribution in [0.1, 0.15) is 80.7 Å². The summed E-state index contributed by atoms with van der Waals surface area (Å²) >= 11 is 0. The van der Waals surface area contributed by atoms with Crippen LogP contribution in [0.4, 0.5) is 9.59 Å². The second kappa shape index (κ2) is 17.7. The van der Waals surface area contributed by atoms with Gasteiger partial charge in [-0.15, -0.1) is 0 Å². The van der Waals surface area contributed by atoms with E-state index in [9.17, 15) is 29.1 Å². The zero-order valence-corrected chi connectivity index (χ0v) is 30.3. The van der Waals surface area contributed by atoms with Crippen LogP contribution in [0.3, 0.4) is 0 Å². The third-order valence-corrected chi connectivity index (χ3v) is 7.24. The lowest BCUT2D eigenvalue weighted by Gasteiger charge is -2.31. The number of nitrogens with one attached hydrogen (secondary N) is 3. The summed E-state index contributed by atoms with van der Waals surface area (Å²) in [6.45, 7) is 15.0. The number of ether oxygens (including phenoxy) is 2. The van der Waals surface area contributed by atoms with Gasteiger partial charge in [0.1, 0.15) is 22.8 Å². The van der Waals surface area contributed by atoms with Crippen molar-refractivity contribution in [2.24, 2.45) is 5.92 Å². The number of alkyl carbamates (subject to hydrolysis) is 1. The Morgan fingerprint density at radius 2 is 1.39 bits per heavy atom. The number of carbonyl (C=O) groups excluding carboxylic acids is 4. The molecule has 0 radical (unpaired) electrons. The predicted octanol–water partition coefficient (Wildman–Crippen LogP) is 5.54. The molecule has 0 unspecified atom stereocenters. The molecular formula is C37H54N4O8. The summed E-state index contributed by atoms with van der Waals surface area (Å²) in [5, 5.41) is 17.9. The van der Waals surface area contributed by atoms with Gasteiger partial charge in [-0.2, -0.15) is 0 Å². The Balaban J connectivity index is 2.22. The van der Waals surface area contributed by atoms with Crippen LogP contribution in [0.15, 0.2) is 54.6 Å². The number of nitrogens with zero attached hydrogens (tertiary/aromatic N) is 1. The van der Waals surface area contributed by atoms with Crippen molar-refractivity contribution in [1.29, 1.82) is 0 Å². The minimum Gasteiger partial charge on any atom is -0.480 e. The lowest BCUT2D eigenvalue weighted by Crippen LogP contribution is -2.57. The highest BCUT2D eigenvalue weighted by atomic mass is 16.6. The van der Waals surface area contributed by atoms with Crippen molar-refractivity contribution in [3.63, 3.8) is 0 Å². The van der Waals surface area contributed by atoms with E-state index in [0.717, 1.165) is 23.1 Å². The van der Waals surface area contributed by atoms with Gasteiger partial charge in [0.05, 0.1) is 5.92 Å². The molecule has 270 valence electrons. The quantitative estimate of drug-likeness (QED) is 0.178. The van der Waals surface area contributed by atoms with E-state index in [2.05, 4.69) is 16.0 Å². The van der Waals surface area contributed by atoms with E-state index in [0.29, 0.717) is 6.42 Å². The average Bonchev–Trinajstić information content (AvgIpc) is 2.98. The topological polar surface area (TPSA) is 163 Å². The molecule has 0 bridgehead atoms. The zero-order chi connectivity index (χ0) is 37.0. The molecule has 2 rings (SSSR count). The van der Waals surface area contributed by atoms with Crippen molar-refractivity contribution in [1.82, 2.24) is 20.9 Å². The number of esters is 1. The standard InChI is InChI=1S/C37H54N4O8/c1-10-11-21-41(33(46)39-29(30(42)43)22-25-17-19-27(20-18-25)26-15-13-12-14-16-26)24-28(31(44)48-35(2,3)4)23-38-32(45)37(8,9)40-34(47)49-36(5,6)7/h12-20,28-29H,10-11,21-24H2,1-9H3,(H,38,45)(H,39,46)(H,40,47)(H,42,43)/t28-,29+/m1/s1. The molecule has 0 saturated carbocycles. The first-order valence-electron chi connectivity index (χ1n) is 16.7. The molecule has 4 amide bonds. The predicted molar refractivity (Wildman–Crippen MR) is 188 cm³/mol. The summed E-state index contributed by atoms with van der Waals surface area (Å²) in [5.41, 5.74) is -0.276. The van der Waals surface area contributed by atoms with Crippen molar-refractivity contribution in [2.75, 3.05) is 19.6 Å². The van der Waals surface area contributed by atoms with Gasteiger partial charge < -0.3 is 35.4 Å². The summed E-state index contributed by atoms with van der Waals surface area (Å²) < 4.78 is 10.9.